The molecule has 2 rings (SSSR count). The summed E-state index contributed by atoms with van der Waals surface area (Å²) in [6.45, 7) is 0. The Morgan fingerprint density at radius 1 is 1.14 bits per heavy atom. The van der Waals surface area contributed by atoms with Gasteiger partial charge >= 0.3 is 0 Å². The van der Waals surface area contributed by atoms with Gasteiger partial charge in [-0.15, -0.1) is 0 Å². The molecule has 0 aliphatic rings. The quantitative estimate of drug-likeness (QED) is 0.742. The number of hydrogen-bond acceptors (Lipinski definition) is 2. The van der Waals surface area contributed by atoms with Crippen molar-refractivity contribution in [3.8, 4) is 11.3 Å². The molecule has 69 valence electrons. The van der Waals surface area contributed by atoms with Crippen LogP contribution in [0.15, 0.2) is 30.6 Å². The first-order chi connectivity index (χ1) is 6.75. The summed E-state index contributed by atoms with van der Waals surface area (Å²) in [7, 11) is 0. The van der Waals surface area contributed by atoms with Crippen LogP contribution in [0.4, 0.5) is 0 Å². The van der Waals surface area contributed by atoms with Crippen LogP contribution in [0, 0.1) is 6.07 Å². The van der Waals surface area contributed by atoms with Crippen LogP contribution >= 0.6 is 23.2 Å². The number of halogens is 2. The van der Waals surface area contributed by atoms with Gasteiger partial charge in [-0.25, -0.2) is 4.98 Å². The molecule has 0 N–H and O–H groups in total. The van der Waals surface area contributed by atoms with E-state index in [1.807, 2.05) is 6.07 Å². The van der Waals surface area contributed by atoms with Gasteiger partial charge in [-0.1, -0.05) is 35.3 Å². The second-order valence-corrected chi connectivity index (χ2v) is 3.44. The lowest BCUT2D eigenvalue weighted by Gasteiger charge is -1.99. The third-order valence-corrected chi connectivity index (χ3v) is 2.10. The Morgan fingerprint density at radius 3 is 2.64 bits per heavy atom. The third kappa shape index (κ3) is 2.03. The average molecular weight is 224 g/mol. The number of nitrogens with zero attached hydrogens (tertiary/aromatic N) is 2. The van der Waals surface area contributed by atoms with E-state index in [2.05, 4.69) is 16.0 Å². The molecule has 1 heterocycles. The lowest BCUT2D eigenvalue weighted by atomic mass is 10.2. The maximum absolute atomic E-state index is 5.80. The molecule has 2 nitrogen and oxygen atoms in total. The summed E-state index contributed by atoms with van der Waals surface area (Å²) in [6.07, 6.45) is 3.11. The minimum atomic E-state index is 0.377. The zero-order valence-corrected chi connectivity index (χ0v) is 8.55. The molecule has 4 heteroatoms. The van der Waals surface area contributed by atoms with Crippen molar-refractivity contribution in [2.45, 2.75) is 0 Å². The zero-order chi connectivity index (χ0) is 9.97. The van der Waals surface area contributed by atoms with E-state index >= 15 is 0 Å². The molecule has 0 aliphatic carbocycles. The van der Waals surface area contributed by atoms with Crippen LogP contribution < -0.4 is 0 Å². The number of hydrogen-bond donors (Lipinski definition) is 0. The molecular formula is C10H5Cl2N2. The van der Waals surface area contributed by atoms with E-state index in [4.69, 9.17) is 23.2 Å². The summed E-state index contributed by atoms with van der Waals surface area (Å²) in [4.78, 5) is 8.06. The van der Waals surface area contributed by atoms with Gasteiger partial charge in [0.05, 0.1) is 18.1 Å². The summed E-state index contributed by atoms with van der Waals surface area (Å²) in [5.41, 5.74) is 1.64. The first-order valence-electron chi connectivity index (χ1n) is 3.91. The SMILES string of the molecule is Clc1[c]ccc(-c2cnc(Cl)cn2)c1. The standard InChI is InChI=1S/C10H5Cl2N2/c11-8-3-1-2-7(4-8)9-5-14-10(12)6-13-9/h1-2,4-6H. The largest absolute Gasteiger partial charge is 0.251 e. The highest BCUT2D eigenvalue weighted by Gasteiger charge is 2.00. The second-order valence-electron chi connectivity index (χ2n) is 2.65. The van der Waals surface area contributed by atoms with Gasteiger partial charge in [0.2, 0.25) is 0 Å². The summed E-state index contributed by atoms with van der Waals surface area (Å²) in [6, 6.07) is 8.23. The summed E-state index contributed by atoms with van der Waals surface area (Å²) >= 11 is 11.4. The molecular weight excluding hydrogens is 219 g/mol. The van der Waals surface area contributed by atoms with Gasteiger partial charge < -0.3 is 0 Å². The second kappa shape index (κ2) is 3.95. The first-order valence-corrected chi connectivity index (χ1v) is 4.66. The molecule has 0 unspecified atom stereocenters. The van der Waals surface area contributed by atoms with E-state index in [0.29, 0.717) is 10.2 Å². The smallest absolute Gasteiger partial charge is 0.147 e. The fourth-order valence-corrected chi connectivity index (χ4v) is 1.34. The van der Waals surface area contributed by atoms with E-state index in [9.17, 15) is 0 Å². The predicted molar refractivity (Wildman–Crippen MR) is 56.3 cm³/mol. The molecule has 14 heavy (non-hydrogen) atoms. The normalized spacial score (nSPS) is 10.1. The van der Waals surface area contributed by atoms with Crippen LogP contribution in [-0.2, 0) is 0 Å². The van der Waals surface area contributed by atoms with Crippen molar-refractivity contribution in [1.29, 1.82) is 0 Å². The predicted octanol–water partition coefficient (Wildman–Crippen LogP) is 3.25. The van der Waals surface area contributed by atoms with Crippen LogP contribution in [0.25, 0.3) is 11.3 Å². The molecule has 1 radical (unpaired) electrons. The van der Waals surface area contributed by atoms with Crippen molar-refractivity contribution >= 4 is 23.2 Å². The van der Waals surface area contributed by atoms with Gasteiger partial charge in [0, 0.05) is 16.7 Å². The Hall–Kier alpha value is -1.12. The van der Waals surface area contributed by atoms with Crippen molar-refractivity contribution in [3.05, 3.63) is 46.8 Å². The first kappa shape index (κ1) is 9.44. The highest BCUT2D eigenvalue weighted by Crippen LogP contribution is 2.20. The molecule has 0 saturated heterocycles. The number of aromatic nitrogens is 2. The Bertz CT molecular complexity index is 440. The van der Waals surface area contributed by atoms with E-state index in [-0.39, 0.29) is 0 Å². The zero-order valence-electron chi connectivity index (χ0n) is 7.04. The highest BCUT2D eigenvalue weighted by atomic mass is 35.5. The molecule has 0 bridgehead atoms. The minimum Gasteiger partial charge on any atom is -0.251 e. The van der Waals surface area contributed by atoms with Gasteiger partial charge in [0.1, 0.15) is 5.15 Å². The van der Waals surface area contributed by atoms with Crippen LogP contribution in [0.2, 0.25) is 10.2 Å². The fraction of sp³-hybridized carbons (Fsp3) is 0. The Kier molecular flexibility index (Phi) is 2.66. The van der Waals surface area contributed by atoms with E-state index in [0.717, 1.165) is 11.3 Å². The van der Waals surface area contributed by atoms with Crippen LogP contribution in [0.3, 0.4) is 0 Å². The van der Waals surface area contributed by atoms with Crippen LogP contribution in [0.1, 0.15) is 0 Å². The molecule has 0 aliphatic heterocycles. The van der Waals surface area contributed by atoms with Crippen LogP contribution in [-0.4, -0.2) is 9.97 Å². The minimum absolute atomic E-state index is 0.377. The Morgan fingerprint density at radius 2 is 2.00 bits per heavy atom. The lowest BCUT2D eigenvalue weighted by molar-refractivity contribution is 1.21. The lowest BCUT2D eigenvalue weighted by Crippen LogP contribution is -1.85. The molecule has 0 fully saturated rings. The third-order valence-electron chi connectivity index (χ3n) is 1.68. The molecule has 0 spiro atoms. The van der Waals surface area contributed by atoms with Crippen molar-refractivity contribution < 1.29 is 0 Å². The summed E-state index contributed by atoms with van der Waals surface area (Å²) in [5.74, 6) is 0. The molecule has 0 saturated carbocycles. The van der Waals surface area contributed by atoms with Crippen molar-refractivity contribution in [2.75, 3.05) is 0 Å². The summed E-state index contributed by atoms with van der Waals surface area (Å²) < 4.78 is 0. The van der Waals surface area contributed by atoms with Gasteiger partial charge in [0.15, 0.2) is 0 Å². The van der Waals surface area contributed by atoms with Gasteiger partial charge in [-0.05, 0) is 6.07 Å². The van der Waals surface area contributed by atoms with E-state index in [1.54, 1.807) is 18.3 Å². The molecule has 0 amide bonds. The average Bonchev–Trinajstić information content (AvgIpc) is 2.19. The fourth-order valence-electron chi connectivity index (χ4n) is 1.06. The highest BCUT2D eigenvalue weighted by molar-refractivity contribution is 6.30. The number of benzene rings is 1. The van der Waals surface area contributed by atoms with Crippen molar-refractivity contribution in [3.63, 3.8) is 0 Å². The maximum Gasteiger partial charge on any atom is 0.147 e. The van der Waals surface area contributed by atoms with Gasteiger partial charge in [0.25, 0.3) is 0 Å². The summed E-state index contributed by atoms with van der Waals surface area (Å²) in [5, 5.41) is 0.932. The van der Waals surface area contributed by atoms with Crippen molar-refractivity contribution in [2.24, 2.45) is 0 Å². The topological polar surface area (TPSA) is 25.8 Å². The van der Waals surface area contributed by atoms with Crippen molar-refractivity contribution in [1.82, 2.24) is 9.97 Å². The van der Waals surface area contributed by atoms with E-state index < -0.39 is 0 Å². The molecule has 1 aromatic carbocycles. The number of rotatable bonds is 1. The Balaban J connectivity index is 2.44. The van der Waals surface area contributed by atoms with E-state index in [1.165, 1.54) is 6.20 Å². The van der Waals surface area contributed by atoms with Crippen LogP contribution in [0.5, 0.6) is 0 Å². The molecule has 2 aromatic rings. The maximum atomic E-state index is 5.80. The molecule has 0 atom stereocenters. The van der Waals surface area contributed by atoms with Gasteiger partial charge in [-0.2, -0.15) is 0 Å². The van der Waals surface area contributed by atoms with Gasteiger partial charge in [-0.3, -0.25) is 4.98 Å². The molecule has 1 aromatic heterocycles. The Labute approximate surface area is 91.5 Å². The monoisotopic (exact) mass is 223 g/mol.